The quantitative estimate of drug-likeness (QED) is 0.327. The highest BCUT2D eigenvalue weighted by molar-refractivity contribution is 14.0. The molecular weight excluding hydrogens is 464 g/mol. The molecule has 1 fully saturated rings. The van der Waals surface area contributed by atoms with Gasteiger partial charge in [-0.15, -0.1) is 24.0 Å². The van der Waals surface area contributed by atoms with E-state index in [2.05, 4.69) is 22.5 Å². The summed E-state index contributed by atoms with van der Waals surface area (Å²) in [6.07, 6.45) is -0.724. The summed E-state index contributed by atoms with van der Waals surface area (Å²) in [6.45, 7) is 7.36. The van der Waals surface area contributed by atoms with Crippen molar-refractivity contribution in [3.05, 3.63) is 33.8 Å². The van der Waals surface area contributed by atoms with Crippen molar-refractivity contribution in [2.45, 2.75) is 20.0 Å². The van der Waals surface area contributed by atoms with Crippen molar-refractivity contribution in [3.63, 3.8) is 0 Å². The molecule has 1 atom stereocenters. The van der Waals surface area contributed by atoms with Crippen LogP contribution in [0, 0.1) is 5.41 Å². The molecule has 1 saturated heterocycles. The van der Waals surface area contributed by atoms with Crippen LogP contribution in [0.2, 0.25) is 10.0 Å². The molecule has 0 radical (unpaired) electrons. The van der Waals surface area contributed by atoms with Crippen LogP contribution in [0.15, 0.2) is 23.2 Å². The number of nitrogens with one attached hydrogen (secondary N) is 2. The largest absolute Gasteiger partial charge is 0.387 e. The molecule has 0 spiro atoms. The standard InChI is InChI=1S/C16H23Cl2N3O2.HI/c1-3-19-15(21-8-16(2)9-23-10-16)20-7-14(22)11-4-12(17)6-13(18)5-11;/h4-6,14,22H,3,7-10H2,1-2H3,(H2,19,20,21);1H. The van der Waals surface area contributed by atoms with Crippen molar-refractivity contribution >= 4 is 53.1 Å². The highest BCUT2D eigenvalue weighted by Gasteiger charge is 2.33. The topological polar surface area (TPSA) is 65.9 Å². The lowest BCUT2D eigenvalue weighted by Crippen LogP contribution is -2.45. The number of nitrogens with zero attached hydrogens (tertiary/aromatic N) is 1. The Bertz CT molecular complexity index is 548. The Labute approximate surface area is 170 Å². The van der Waals surface area contributed by atoms with Gasteiger partial charge in [0.05, 0.1) is 25.9 Å². The third-order valence-corrected chi connectivity index (χ3v) is 4.03. The highest BCUT2D eigenvalue weighted by Crippen LogP contribution is 2.26. The van der Waals surface area contributed by atoms with Crippen molar-refractivity contribution in [1.29, 1.82) is 0 Å². The predicted octanol–water partition coefficient (Wildman–Crippen LogP) is 3.24. The third-order valence-electron chi connectivity index (χ3n) is 3.60. The van der Waals surface area contributed by atoms with E-state index in [1.807, 2.05) is 6.92 Å². The maximum absolute atomic E-state index is 10.3. The zero-order chi connectivity index (χ0) is 16.9. The van der Waals surface area contributed by atoms with Crippen molar-refractivity contribution in [3.8, 4) is 0 Å². The van der Waals surface area contributed by atoms with Gasteiger partial charge in [0.2, 0.25) is 0 Å². The van der Waals surface area contributed by atoms with Crippen LogP contribution in [0.5, 0.6) is 0 Å². The number of ether oxygens (including phenoxy) is 1. The Morgan fingerprint density at radius 1 is 1.29 bits per heavy atom. The van der Waals surface area contributed by atoms with Gasteiger partial charge in [0.15, 0.2) is 5.96 Å². The van der Waals surface area contributed by atoms with Gasteiger partial charge in [-0.05, 0) is 30.7 Å². The van der Waals surface area contributed by atoms with Crippen molar-refractivity contribution < 1.29 is 9.84 Å². The van der Waals surface area contributed by atoms with Gasteiger partial charge in [0, 0.05) is 28.5 Å². The molecular formula is C16H24Cl2IN3O2. The molecule has 0 aromatic heterocycles. The fourth-order valence-electron chi connectivity index (χ4n) is 2.23. The monoisotopic (exact) mass is 487 g/mol. The first-order valence-corrected chi connectivity index (χ1v) is 8.41. The fourth-order valence-corrected chi connectivity index (χ4v) is 2.78. The minimum absolute atomic E-state index is 0. The van der Waals surface area contributed by atoms with E-state index in [0.717, 1.165) is 19.8 Å². The van der Waals surface area contributed by atoms with E-state index in [1.54, 1.807) is 18.2 Å². The Kier molecular flexibility index (Phi) is 9.08. The molecule has 3 N–H and O–H groups in total. The van der Waals surface area contributed by atoms with Crippen molar-refractivity contribution in [1.82, 2.24) is 10.6 Å². The lowest BCUT2D eigenvalue weighted by molar-refractivity contribution is -0.0945. The summed E-state index contributed by atoms with van der Waals surface area (Å²) < 4.78 is 5.23. The number of aliphatic hydroxyl groups is 1. The second-order valence-corrected chi connectivity index (χ2v) is 6.97. The molecule has 1 unspecified atom stereocenters. The van der Waals surface area contributed by atoms with Crippen LogP contribution < -0.4 is 10.6 Å². The zero-order valence-corrected chi connectivity index (χ0v) is 17.7. The summed E-state index contributed by atoms with van der Waals surface area (Å²) in [6, 6.07) is 5.05. The average Bonchev–Trinajstić information content (AvgIpc) is 2.46. The summed E-state index contributed by atoms with van der Waals surface area (Å²) in [5.41, 5.74) is 0.784. The number of halogens is 3. The molecule has 1 heterocycles. The number of aliphatic imine (C=N–C) groups is 1. The predicted molar refractivity (Wildman–Crippen MR) is 110 cm³/mol. The van der Waals surface area contributed by atoms with Crippen LogP contribution in [0.3, 0.4) is 0 Å². The van der Waals surface area contributed by atoms with Gasteiger partial charge in [-0.1, -0.05) is 30.1 Å². The van der Waals surface area contributed by atoms with Gasteiger partial charge >= 0.3 is 0 Å². The van der Waals surface area contributed by atoms with E-state index >= 15 is 0 Å². The number of hydrogen-bond acceptors (Lipinski definition) is 3. The lowest BCUT2D eigenvalue weighted by Gasteiger charge is -2.36. The molecule has 0 saturated carbocycles. The molecule has 2 rings (SSSR count). The smallest absolute Gasteiger partial charge is 0.191 e. The molecule has 24 heavy (non-hydrogen) atoms. The average molecular weight is 488 g/mol. The van der Waals surface area contributed by atoms with E-state index in [0.29, 0.717) is 34.7 Å². The first kappa shape index (κ1) is 21.8. The Hall–Kier alpha value is -0.280. The normalized spacial score (nSPS) is 17.5. The third kappa shape index (κ3) is 6.55. The minimum Gasteiger partial charge on any atom is -0.387 e. The first-order chi connectivity index (χ1) is 10.9. The Balaban J connectivity index is 0.00000288. The van der Waals surface area contributed by atoms with Gasteiger partial charge in [-0.25, -0.2) is 0 Å². The summed E-state index contributed by atoms with van der Waals surface area (Å²) in [5, 5.41) is 17.6. The van der Waals surface area contributed by atoms with E-state index in [9.17, 15) is 5.11 Å². The lowest BCUT2D eigenvalue weighted by atomic mass is 9.89. The van der Waals surface area contributed by atoms with Gasteiger partial charge in [0.25, 0.3) is 0 Å². The molecule has 1 aliphatic rings. The molecule has 8 heteroatoms. The van der Waals surface area contributed by atoms with Gasteiger partial charge in [0.1, 0.15) is 0 Å². The van der Waals surface area contributed by atoms with Crippen LogP contribution in [-0.4, -0.2) is 43.9 Å². The maximum Gasteiger partial charge on any atom is 0.191 e. The highest BCUT2D eigenvalue weighted by atomic mass is 127. The van der Waals surface area contributed by atoms with Gasteiger partial charge in [-0.2, -0.15) is 0 Å². The number of aliphatic hydroxyl groups excluding tert-OH is 1. The van der Waals surface area contributed by atoms with E-state index < -0.39 is 6.10 Å². The van der Waals surface area contributed by atoms with E-state index in [4.69, 9.17) is 27.9 Å². The van der Waals surface area contributed by atoms with Crippen LogP contribution in [0.1, 0.15) is 25.5 Å². The molecule has 0 bridgehead atoms. The van der Waals surface area contributed by atoms with Crippen LogP contribution in [0.4, 0.5) is 0 Å². The molecule has 1 aromatic carbocycles. The van der Waals surface area contributed by atoms with Gasteiger partial charge in [-0.3, -0.25) is 4.99 Å². The van der Waals surface area contributed by atoms with Crippen LogP contribution in [-0.2, 0) is 4.74 Å². The van der Waals surface area contributed by atoms with Crippen LogP contribution in [0.25, 0.3) is 0 Å². The van der Waals surface area contributed by atoms with E-state index in [1.165, 1.54) is 0 Å². The SMILES string of the molecule is CCNC(=NCC1(C)COC1)NCC(O)c1cc(Cl)cc(Cl)c1.I. The summed E-state index contributed by atoms with van der Waals surface area (Å²) in [4.78, 5) is 4.56. The molecule has 5 nitrogen and oxygen atoms in total. The maximum atomic E-state index is 10.3. The number of rotatable bonds is 6. The number of benzene rings is 1. The Morgan fingerprint density at radius 3 is 2.42 bits per heavy atom. The van der Waals surface area contributed by atoms with Crippen molar-refractivity contribution in [2.75, 3.05) is 32.8 Å². The fraction of sp³-hybridized carbons (Fsp3) is 0.562. The summed E-state index contributed by atoms with van der Waals surface area (Å²) in [7, 11) is 0. The number of hydrogen-bond donors (Lipinski definition) is 3. The number of guanidine groups is 1. The second-order valence-electron chi connectivity index (χ2n) is 6.10. The van der Waals surface area contributed by atoms with Gasteiger partial charge < -0.3 is 20.5 Å². The summed E-state index contributed by atoms with van der Waals surface area (Å²) in [5.74, 6) is 0.674. The Morgan fingerprint density at radius 2 is 1.92 bits per heavy atom. The molecule has 136 valence electrons. The van der Waals surface area contributed by atoms with Crippen LogP contribution >= 0.6 is 47.2 Å². The molecule has 0 aliphatic carbocycles. The minimum atomic E-state index is -0.724. The summed E-state index contributed by atoms with van der Waals surface area (Å²) >= 11 is 11.9. The van der Waals surface area contributed by atoms with Crippen molar-refractivity contribution in [2.24, 2.45) is 10.4 Å². The zero-order valence-electron chi connectivity index (χ0n) is 13.8. The molecule has 1 aromatic rings. The second kappa shape index (κ2) is 10.0. The first-order valence-electron chi connectivity index (χ1n) is 7.66. The molecule has 1 aliphatic heterocycles. The van der Waals surface area contributed by atoms with E-state index in [-0.39, 0.29) is 29.4 Å². The molecule has 0 amide bonds.